The van der Waals surface area contributed by atoms with Crippen LogP contribution in [0, 0.1) is 5.92 Å². The van der Waals surface area contributed by atoms with Gasteiger partial charge in [0.15, 0.2) is 5.13 Å². The molecule has 0 spiro atoms. The molecule has 1 N–H and O–H groups in total. The first kappa shape index (κ1) is 22.3. The Hall–Kier alpha value is -1.34. The molecule has 158 valence electrons. The lowest BCUT2D eigenvalue weighted by atomic mass is 10.0. The largest absolute Gasteiger partial charge is 0.481 e. The van der Waals surface area contributed by atoms with Crippen molar-refractivity contribution in [3.05, 3.63) is 33.1 Å². The fourth-order valence-corrected chi connectivity index (χ4v) is 5.01. The van der Waals surface area contributed by atoms with Crippen molar-refractivity contribution in [2.75, 3.05) is 24.6 Å². The highest BCUT2D eigenvalue weighted by atomic mass is 35.5. The third kappa shape index (κ3) is 6.07. The second kappa shape index (κ2) is 10.1. The third-order valence-corrected chi connectivity index (χ3v) is 6.66. The predicted molar refractivity (Wildman–Crippen MR) is 120 cm³/mol. The van der Waals surface area contributed by atoms with E-state index in [1.165, 1.54) is 4.88 Å². The maximum atomic E-state index is 11.2. The van der Waals surface area contributed by atoms with Crippen molar-refractivity contribution in [2.45, 2.75) is 45.6 Å². The van der Waals surface area contributed by atoms with Gasteiger partial charge in [-0.05, 0) is 37.3 Å². The fourth-order valence-electron chi connectivity index (χ4n) is 3.38. The van der Waals surface area contributed by atoms with E-state index >= 15 is 0 Å². The van der Waals surface area contributed by atoms with Gasteiger partial charge >= 0.3 is 5.97 Å². The molecular weight excluding hydrogens is 431 g/mol. The Morgan fingerprint density at radius 2 is 2.17 bits per heavy atom. The maximum absolute atomic E-state index is 11.2. The molecule has 1 aromatic carbocycles. The number of carbonyl (C=O) groups is 1. The molecule has 2 aromatic rings. The summed E-state index contributed by atoms with van der Waals surface area (Å²) in [5.74, 6) is -0.346. The molecule has 8 heteroatoms. The SMILES string of the molecule is CC(C)Cc1sc(N(CCC(=O)O)CC2CCCO2)nc1-c1ccc(Cl)c(Cl)c1. The number of aromatic nitrogens is 1. The Morgan fingerprint density at radius 1 is 1.38 bits per heavy atom. The fraction of sp³-hybridized carbons (Fsp3) is 0.524. The highest BCUT2D eigenvalue weighted by Crippen LogP contribution is 2.37. The summed E-state index contributed by atoms with van der Waals surface area (Å²) >= 11 is 14.0. The van der Waals surface area contributed by atoms with Crippen molar-refractivity contribution >= 4 is 45.6 Å². The smallest absolute Gasteiger partial charge is 0.305 e. The molecule has 0 amide bonds. The Kier molecular flexibility index (Phi) is 7.79. The van der Waals surface area contributed by atoms with Crippen molar-refractivity contribution < 1.29 is 14.6 Å². The summed E-state index contributed by atoms with van der Waals surface area (Å²) in [6.07, 6.45) is 3.11. The predicted octanol–water partition coefficient (Wildman–Crippen LogP) is 5.78. The van der Waals surface area contributed by atoms with Crippen LogP contribution in [-0.4, -0.2) is 41.9 Å². The number of carboxylic acids is 1. The zero-order chi connectivity index (χ0) is 21.0. The van der Waals surface area contributed by atoms with Crippen molar-refractivity contribution in [3.63, 3.8) is 0 Å². The van der Waals surface area contributed by atoms with Gasteiger partial charge in [-0.2, -0.15) is 0 Å². The first-order chi connectivity index (χ1) is 13.8. The Morgan fingerprint density at radius 3 is 2.79 bits per heavy atom. The van der Waals surface area contributed by atoms with Gasteiger partial charge in [0.2, 0.25) is 0 Å². The Balaban J connectivity index is 1.94. The highest BCUT2D eigenvalue weighted by molar-refractivity contribution is 7.16. The molecule has 29 heavy (non-hydrogen) atoms. The van der Waals surface area contributed by atoms with Gasteiger partial charge in [-0.15, -0.1) is 11.3 Å². The summed E-state index contributed by atoms with van der Waals surface area (Å²) in [6, 6.07) is 5.55. The van der Waals surface area contributed by atoms with E-state index in [4.69, 9.17) is 32.9 Å². The van der Waals surface area contributed by atoms with Crippen LogP contribution in [0.2, 0.25) is 10.0 Å². The number of anilines is 1. The molecule has 2 heterocycles. The molecular formula is C21H26Cl2N2O3S. The third-order valence-electron chi connectivity index (χ3n) is 4.79. The van der Waals surface area contributed by atoms with Gasteiger partial charge in [0.1, 0.15) is 0 Å². The molecule has 1 saturated heterocycles. The van der Waals surface area contributed by atoms with Crippen molar-refractivity contribution in [1.29, 1.82) is 0 Å². The summed E-state index contributed by atoms with van der Waals surface area (Å²) in [6.45, 7) is 6.18. The number of nitrogens with zero attached hydrogens (tertiary/aromatic N) is 2. The zero-order valence-electron chi connectivity index (χ0n) is 16.7. The van der Waals surface area contributed by atoms with Crippen LogP contribution in [0.5, 0.6) is 0 Å². The quantitative estimate of drug-likeness (QED) is 0.518. The van der Waals surface area contributed by atoms with Crippen LogP contribution in [0.1, 0.15) is 38.0 Å². The van der Waals surface area contributed by atoms with E-state index in [2.05, 4.69) is 18.7 Å². The van der Waals surface area contributed by atoms with Gasteiger partial charge in [0.25, 0.3) is 0 Å². The summed E-state index contributed by atoms with van der Waals surface area (Å²) < 4.78 is 5.78. The van der Waals surface area contributed by atoms with E-state index in [-0.39, 0.29) is 12.5 Å². The molecule has 1 aromatic heterocycles. The van der Waals surface area contributed by atoms with E-state index in [1.54, 1.807) is 17.4 Å². The normalized spacial score (nSPS) is 16.5. The van der Waals surface area contributed by atoms with E-state index in [1.807, 2.05) is 12.1 Å². The second-order valence-corrected chi connectivity index (χ2v) is 9.60. The molecule has 1 aliphatic rings. The number of thiazole rings is 1. The van der Waals surface area contributed by atoms with E-state index in [0.29, 0.717) is 29.1 Å². The number of aliphatic carboxylic acids is 1. The molecule has 0 radical (unpaired) electrons. The average Bonchev–Trinajstić information content (AvgIpc) is 3.30. The van der Waals surface area contributed by atoms with Crippen LogP contribution in [0.3, 0.4) is 0 Å². The minimum absolute atomic E-state index is 0.0634. The molecule has 0 saturated carbocycles. The molecule has 5 nitrogen and oxygen atoms in total. The van der Waals surface area contributed by atoms with Crippen LogP contribution in [0.15, 0.2) is 18.2 Å². The van der Waals surface area contributed by atoms with Gasteiger partial charge in [-0.3, -0.25) is 4.79 Å². The van der Waals surface area contributed by atoms with Crippen molar-refractivity contribution in [1.82, 2.24) is 4.98 Å². The summed E-state index contributed by atoms with van der Waals surface area (Å²) in [5, 5.41) is 11.0. The molecule has 1 fully saturated rings. The molecule has 3 rings (SSSR count). The number of halogens is 2. The number of hydrogen-bond donors (Lipinski definition) is 1. The van der Waals surface area contributed by atoms with Gasteiger partial charge in [-0.25, -0.2) is 4.98 Å². The Labute approximate surface area is 185 Å². The molecule has 1 unspecified atom stereocenters. The molecule has 0 bridgehead atoms. The van der Waals surface area contributed by atoms with Crippen molar-refractivity contribution in [3.8, 4) is 11.3 Å². The topological polar surface area (TPSA) is 62.7 Å². The van der Waals surface area contributed by atoms with Crippen LogP contribution in [0.4, 0.5) is 5.13 Å². The lowest BCUT2D eigenvalue weighted by Crippen LogP contribution is -2.33. The number of rotatable bonds is 9. The van der Waals surface area contributed by atoms with E-state index in [9.17, 15) is 9.90 Å². The number of ether oxygens (including phenoxy) is 1. The van der Waals surface area contributed by atoms with Gasteiger partial charge in [0, 0.05) is 30.1 Å². The number of carboxylic acid groups (broad SMARTS) is 1. The molecule has 1 aliphatic heterocycles. The van der Waals surface area contributed by atoms with E-state index in [0.717, 1.165) is 42.3 Å². The minimum atomic E-state index is -0.814. The maximum Gasteiger partial charge on any atom is 0.305 e. The highest BCUT2D eigenvalue weighted by Gasteiger charge is 2.24. The zero-order valence-corrected chi connectivity index (χ0v) is 19.0. The molecule has 0 aliphatic carbocycles. The standard InChI is InChI=1S/C21H26Cl2N2O3S/c1-13(2)10-18-20(14-5-6-16(22)17(23)11-14)24-21(29-18)25(8-7-19(26)27)12-15-4-3-9-28-15/h5-6,11,13,15H,3-4,7-10,12H2,1-2H3,(H,26,27). The van der Waals surface area contributed by atoms with Gasteiger partial charge in [-0.1, -0.05) is 43.1 Å². The second-order valence-electron chi connectivity index (χ2n) is 7.72. The van der Waals surface area contributed by atoms with E-state index < -0.39 is 5.97 Å². The van der Waals surface area contributed by atoms with Crippen molar-refractivity contribution in [2.24, 2.45) is 5.92 Å². The van der Waals surface area contributed by atoms with Crippen LogP contribution >= 0.6 is 34.5 Å². The van der Waals surface area contributed by atoms with Crippen LogP contribution in [-0.2, 0) is 16.0 Å². The summed E-state index contributed by atoms with van der Waals surface area (Å²) in [5.41, 5.74) is 1.82. The van der Waals surface area contributed by atoms with Crippen LogP contribution in [0.25, 0.3) is 11.3 Å². The summed E-state index contributed by atoms with van der Waals surface area (Å²) in [4.78, 5) is 19.3. The van der Waals surface area contributed by atoms with Gasteiger partial charge < -0.3 is 14.7 Å². The first-order valence-electron chi connectivity index (χ1n) is 9.87. The summed E-state index contributed by atoms with van der Waals surface area (Å²) in [7, 11) is 0. The lowest BCUT2D eigenvalue weighted by Gasteiger charge is -2.24. The van der Waals surface area contributed by atoms with Gasteiger partial charge in [0.05, 0.1) is 28.3 Å². The monoisotopic (exact) mass is 456 g/mol. The number of hydrogen-bond acceptors (Lipinski definition) is 5. The van der Waals surface area contributed by atoms with Crippen LogP contribution < -0.4 is 4.90 Å². The number of benzene rings is 1. The Bertz CT molecular complexity index is 850. The lowest BCUT2D eigenvalue weighted by molar-refractivity contribution is -0.136. The minimum Gasteiger partial charge on any atom is -0.481 e. The molecule has 1 atom stereocenters. The average molecular weight is 457 g/mol. The first-order valence-corrected chi connectivity index (χ1v) is 11.4.